The van der Waals surface area contributed by atoms with Crippen molar-refractivity contribution >= 4 is 34.0 Å². The smallest absolute Gasteiger partial charge is 0.266 e. The van der Waals surface area contributed by atoms with Crippen LogP contribution in [-0.2, 0) is 24.3 Å². The standard InChI is InChI=1S/C19H29N3O7S.ClH/c1-27-14-15-29-17-4-2-16(3-5-17)21-8-10-22(11-9-21)30(25,26)19(18(23)20-24)6-12-28-13-7-19;/h2-5,24H,6-15H2,1H3,(H,20,23);1H. The first-order chi connectivity index (χ1) is 14.4. The third-order valence-electron chi connectivity index (χ3n) is 5.65. The zero-order valence-electron chi connectivity index (χ0n) is 17.5. The number of rotatable bonds is 8. The molecule has 1 amide bonds. The highest BCUT2D eigenvalue weighted by Crippen LogP contribution is 2.34. The van der Waals surface area contributed by atoms with Gasteiger partial charge >= 0.3 is 0 Å². The van der Waals surface area contributed by atoms with E-state index in [1.54, 1.807) is 12.6 Å². The van der Waals surface area contributed by atoms with Gasteiger partial charge in [-0.2, -0.15) is 4.31 Å². The Morgan fingerprint density at radius 2 is 1.74 bits per heavy atom. The van der Waals surface area contributed by atoms with E-state index >= 15 is 0 Å². The molecule has 0 radical (unpaired) electrons. The van der Waals surface area contributed by atoms with Crippen molar-refractivity contribution in [1.29, 1.82) is 0 Å². The third-order valence-corrected chi connectivity index (χ3v) is 8.27. The number of sulfonamides is 1. The summed E-state index contributed by atoms with van der Waals surface area (Å²) in [6.07, 6.45) is 0.0406. The van der Waals surface area contributed by atoms with Crippen LogP contribution in [0, 0.1) is 0 Å². The lowest BCUT2D eigenvalue weighted by atomic mass is 9.98. The minimum Gasteiger partial charge on any atom is -0.491 e. The van der Waals surface area contributed by atoms with Gasteiger partial charge in [0.1, 0.15) is 12.4 Å². The van der Waals surface area contributed by atoms with Gasteiger partial charge in [0.15, 0.2) is 4.75 Å². The lowest BCUT2D eigenvalue weighted by molar-refractivity contribution is -0.134. The summed E-state index contributed by atoms with van der Waals surface area (Å²) in [7, 11) is -2.34. The molecule has 2 fully saturated rings. The number of carbonyl (C=O) groups is 1. The zero-order chi connectivity index (χ0) is 21.6. The second-order valence-corrected chi connectivity index (χ2v) is 9.52. The van der Waals surface area contributed by atoms with E-state index in [2.05, 4.69) is 4.90 Å². The van der Waals surface area contributed by atoms with Crippen molar-refractivity contribution in [2.75, 3.05) is 64.6 Å². The molecule has 0 aromatic heterocycles. The summed E-state index contributed by atoms with van der Waals surface area (Å²) in [5, 5.41) is 9.15. The molecule has 0 bridgehead atoms. The molecular formula is C19H30ClN3O7S. The molecule has 176 valence electrons. The minimum atomic E-state index is -3.96. The number of nitrogens with zero attached hydrogens (tertiary/aromatic N) is 2. The molecule has 12 heteroatoms. The summed E-state index contributed by atoms with van der Waals surface area (Å²) < 4.78 is 42.1. The Bertz CT molecular complexity index is 808. The number of hydrogen-bond donors (Lipinski definition) is 2. The quantitative estimate of drug-likeness (QED) is 0.317. The van der Waals surface area contributed by atoms with Crippen molar-refractivity contribution in [3.8, 4) is 5.75 Å². The summed E-state index contributed by atoms with van der Waals surface area (Å²) in [6.45, 7) is 2.82. The first kappa shape index (κ1) is 25.6. The van der Waals surface area contributed by atoms with E-state index in [1.165, 1.54) is 4.31 Å². The van der Waals surface area contributed by atoms with E-state index < -0.39 is 20.7 Å². The molecule has 2 saturated heterocycles. The summed E-state index contributed by atoms with van der Waals surface area (Å²) in [5.41, 5.74) is 2.52. The number of nitrogens with one attached hydrogen (secondary N) is 1. The van der Waals surface area contributed by atoms with Crippen LogP contribution < -0.4 is 15.1 Å². The molecule has 3 rings (SSSR count). The molecule has 1 aromatic rings. The Hall–Kier alpha value is -1.63. The van der Waals surface area contributed by atoms with Gasteiger partial charge in [0.25, 0.3) is 5.91 Å². The third kappa shape index (κ3) is 5.41. The Balaban J connectivity index is 0.00000341. The van der Waals surface area contributed by atoms with Crippen molar-refractivity contribution < 1.29 is 32.6 Å². The van der Waals surface area contributed by atoms with Gasteiger partial charge in [-0.25, -0.2) is 13.9 Å². The lowest BCUT2D eigenvalue weighted by Crippen LogP contribution is -2.62. The van der Waals surface area contributed by atoms with Crippen LogP contribution in [0.3, 0.4) is 0 Å². The Morgan fingerprint density at radius 3 is 2.29 bits per heavy atom. The summed E-state index contributed by atoms with van der Waals surface area (Å²) in [6, 6.07) is 7.62. The molecule has 0 unspecified atom stereocenters. The molecule has 2 aliphatic heterocycles. The maximum Gasteiger partial charge on any atom is 0.266 e. The number of amides is 1. The molecule has 31 heavy (non-hydrogen) atoms. The zero-order valence-corrected chi connectivity index (χ0v) is 19.1. The van der Waals surface area contributed by atoms with Crippen molar-refractivity contribution in [3.63, 3.8) is 0 Å². The second kappa shape index (κ2) is 11.3. The predicted octanol–water partition coefficient (Wildman–Crippen LogP) is 0.640. The second-order valence-electron chi connectivity index (χ2n) is 7.27. The van der Waals surface area contributed by atoms with Gasteiger partial charge in [-0.05, 0) is 24.3 Å². The monoisotopic (exact) mass is 479 g/mol. The summed E-state index contributed by atoms with van der Waals surface area (Å²) in [4.78, 5) is 14.4. The van der Waals surface area contributed by atoms with Gasteiger partial charge in [-0.3, -0.25) is 10.0 Å². The molecule has 0 atom stereocenters. The molecule has 0 saturated carbocycles. The van der Waals surface area contributed by atoms with Gasteiger partial charge < -0.3 is 19.1 Å². The molecule has 2 aliphatic rings. The van der Waals surface area contributed by atoms with Crippen LogP contribution >= 0.6 is 12.4 Å². The van der Waals surface area contributed by atoms with Crippen LogP contribution in [0.15, 0.2) is 24.3 Å². The van der Waals surface area contributed by atoms with E-state index in [1.807, 2.05) is 24.3 Å². The van der Waals surface area contributed by atoms with Crippen LogP contribution in [0.1, 0.15) is 12.8 Å². The van der Waals surface area contributed by atoms with Crippen molar-refractivity contribution in [2.45, 2.75) is 17.6 Å². The molecule has 0 aliphatic carbocycles. The highest BCUT2D eigenvalue weighted by molar-refractivity contribution is 7.91. The number of benzene rings is 1. The first-order valence-corrected chi connectivity index (χ1v) is 11.4. The number of carbonyl (C=O) groups excluding carboxylic acids is 1. The van der Waals surface area contributed by atoms with Gasteiger partial charge in [-0.1, -0.05) is 0 Å². The van der Waals surface area contributed by atoms with Gasteiger partial charge in [0.2, 0.25) is 10.0 Å². The van der Waals surface area contributed by atoms with E-state index in [9.17, 15) is 13.2 Å². The summed E-state index contributed by atoms with van der Waals surface area (Å²) >= 11 is 0. The number of hydroxylamine groups is 1. The predicted molar refractivity (Wildman–Crippen MR) is 116 cm³/mol. The molecule has 0 spiro atoms. The van der Waals surface area contributed by atoms with Gasteiger partial charge in [0, 0.05) is 65.0 Å². The fraction of sp³-hybridized carbons (Fsp3) is 0.632. The number of halogens is 1. The number of hydrogen-bond acceptors (Lipinski definition) is 8. The fourth-order valence-electron chi connectivity index (χ4n) is 3.83. The van der Waals surface area contributed by atoms with Crippen molar-refractivity contribution in [1.82, 2.24) is 9.79 Å². The SMILES string of the molecule is COCCOc1ccc(N2CCN(S(=O)(=O)C3(C(=O)NO)CCOCC3)CC2)cc1.Cl. The number of anilines is 1. The van der Waals surface area contributed by atoms with E-state index in [4.69, 9.17) is 19.4 Å². The Labute approximate surface area is 188 Å². The van der Waals surface area contributed by atoms with Crippen LogP contribution in [0.2, 0.25) is 0 Å². The van der Waals surface area contributed by atoms with Crippen LogP contribution in [-0.4, -0.2) is 88.3 Å². The first-order valence-electron chi connectivity index (χ1n) is 9.93. The van der Waals surface area contributed by atoms with E-state index in [0.717, 1.165) is 11.4 Å². The average molecular weight is 480 g/mol. The van der Waals surface area contributed by atoms with Gasteiger partial charge in [0.05, 0.1) is 6.61 Å². The number of piperazine rings is 1. The summed E-state index contributed by atoms with van der Waals surface area (Å²) in [5.74, 6) is -0.147. The highest BCUT2D eigenvalue weighted by atomic mass is 35.5. The topological polar surface area (TPSA) is 118 Å². The lowest BCUT2D eigenvalue weighted by Gasteiger charge is -2.42. The van der Waals surface area contributed by atoms with Gasteiger partial charge in [-0.15, -0.1) is 12.4 Å². The van der Waals surface area contributed by atoms with Crippen LogP contribution in [0.4, 0.5) is 5.69 Å². The average Bonchev–Trinajstić information content (AvgIpc) is 2.79. The van der Waals surface area contributed by atoms with Crippen LogP contribution in [0.5, 0.6) is 5.75 Å². The number of methoxy groups -OCH3 is 1. The van der Waals surface area contributed by atoms with Crippen molar-refractivity contribution in [2.24, 2.45) is 0 Å². The molecule has 10 nitrogen and oxygen atoms in total. The molecule has 2 N–H and O–H groups in total. The molecule has 1 aromatic carbocycles. The Kier molecular flexibility index (Phi) is 9.34. The maximum atomic E-state index is 13.3. The normalized spacial score (nSPS) is 19.4. The highest BCUT2D eigenvalue weighted by Gasteiger charge is 2.54. The van der Waals surface area contributed by atoms with E-state index in [0.29, 0.717) is 26.3 Å². The maximum absolute atomic E-state index is 13.3. The molecule has 2 heterocycles. The largest absolute Gasteiger partial charge is 0.491 e. The molecular weight excluding hydrogens is 450 g/mol. The Morgan fingerprint density at radius 1 is 1.13 bits per heavy atom. The van der Waals surface area contributed by atoms with Crippen molar-refractivity contribution in [3.05, 3.63) is 24.3 Å². The minimum absolute atomic E-state index is 0. The fourth-order valence-corrected chi connectivity index (χ4v) is 5.94. The number of ether oxygens (including phenoxy) is 3. The van der Waals surface area contributed by atoms with Crippen LogP contribution in [0.25, 0.3) is 0 Å². The van der Waals surface area contributed by atoms with E-state index in [-0.39, 0.29) is 51.6 Å².